The summed E-state index contributed by atoms with van der Waals surface area (Å²) in [6.07, 6.45) is 0. The Morgan fingerprint density at radius 3 is 1.84 bits per heavy atom. The fourth-order valence-corrected chi connectivity index (χ4v) is 12.0. The molecular weight excluding hydrogens is 1320 g/mol. The van der Waals surface area contributed by atoms with Gasteiger partial charge in [0, 0.05) is 34.4 Å². The molecule has 0 fully saturated rings. The van der Waals surface area contributed by atoms with E-state index < -0.39 is 203 Å². The Kier molecular flexibility index (Phi) is 17.6. The number of methoxy groups -OCH3 is 1. The number of aromatic hydroxyl groups is 2. The van der Waals surface area contributed by atoms with Crippen LogP contribution in [0.3, 0.4) is 0 Å². The van der Waals surface area contributed by atoms with Crippen LogP contribution in [0, 0.1) is 16.7 Å². The molecule has 1 heterocycles. The highest BCUT2D eigenvalue weighted by atomic mass is 32.2. The van der Waals surface area contributed by atoms with E-state index in [4.69, 9.17) is 22.3 Å². The van der Waals surface area contributed by atoms with Gasteiger partial charge in [-0.2, -0.15) is 62.1 Å². The third-order valence-corrected chi connectivity index (χ3v) is 16.9. The predicted molar refractivity (Wildman–Crippen MR) is 298 cm³/mol. The number of carbonyl (C=O) groups is 1. The highest BCUT2D eigenvalue weighted by molar-refractivity contribution is 7.94. The number of hydrogen-bond donors (Lipinski definition) is 11. The van der Waals surface area contributed by atoms with E-state index in [1.165, 1.54) is 13.2 Å². The van der Waals surface area contributed by atoms with Gasteiger partial charge in [-0.25, -0.2) is 15.2 Å². The summed E-state index contributed by atoms with van der Waals surface area (Å²) in [6.45, 7) is 7.52. The van der Waals surface area contributed by atoms with Crippen molar-refractivity contribution in [3.8, 4) is 22.9 Å². The predicted octanol–water partition coefficient (Wildman–Crippen LogP) is 8.95. The van der Waals surface area contributed by atoms with Crippen molar-refractivity contribution in [1.82, 2.24) is 9.78 Å². The Bertz CT molecular complexity index is 5240. The first kappa shape index (κ1) is 64.8. The van der Waals surface area contributed by atoms with E-state index >= 15 is 0 Å². The highest BCUT2D eigenvalue weighted by Crippen LogP contribution is 2.51. The molecule has 7 aromatic carbocycles. The molecule has 0 aliphatic heterocycles. The van der Waals surface area contributed by atoms with Crippen molar-refractivity contribution in [3.63, 3.8) is 0 Å². The van der Waals surface area contributed by atoms with Gasteiger partial charge in [-0.15, -0.1) is 29.9 Å². The Morgan fingerprint density at radius 1 is 0.652 bits per heavy atom. The maximum atomic E-state index is 13.5. The summed E-state index contributed by atoms with van der Waals surface area (Å²) in [6, 6.07) is 10.6. The lowest BCUT2D eigenvalue weighted by molar-refractivity contribution is -0.432. The Balaban J connectivity index is 1.21. The van der Waals surface area contributed by atoms with E-state index in [0.29, 0.717) is 35.0 Å². The second-order valence-electron chi connectivity index (χ2n) is 17.1. The van der Waals surface area contributed by atoms with Crippen LogP contribution in [0.25, 0.3) is 32.1 Å². The lowest BCUT2D eigenvalue weighted by Gasteiger charge is -2.15. The van der Waals surface area contributed by atoms with Gasteiger partial charge in [0.2, 0.25) is 0 Å². The number of nitro groups is 1. The molecule has 0 bridgehead atoms. The number of nitrogen functional groups attached to an aromatic ring is 1. The van der Waals surface area contributed by atoms with Crippen LogP contribution in [-0.2, 0) is 60.0 Å². The second-order valence-corrected chi connectivity index (χ2v) is 24.8. The summed E-state index contributed by atoms with van der Waals surface area (Å²) >= 11 is -0.0431. The van der Waals surface area contributed by atoms with Crippen LogP contribution in [0.15, 0.2) is 160 Å². The fraction of sp³-hybridized carbons (Fsp3) is 0.0227. The number of hydrogen-bond acceptors (Lipinski definition) is 30. The number of azo groups is 4. The van der Waals surface area contributed by atoms with Gasteiger partial charge in [0.05, 0.1) is 51.3 Å². The molecule has 89 heavy (non-hydrogen) atoms. The third kappa shape index (κ3) is 13.2. The molecule has 12 N–H and O–H groups in total. The number of non-ortho nitro benzene ring substituents is 1. The van der Waals surface area contributed by atoms with Crippen molar-refractivity contribution < 1.29 is 109 Å². The number of benzene rings is 7. The van der Waals surface area contributed by atoms with E-state index in [0.717, 1.165) is 48.5 Å². The number of rotatable bonds is 20. The van der Waals surface area contributed by atoms with Crippen LogP contribution < -0.4 is 16.0 Å². The number of anilines is 1. The highest BCUT2D eigenvalue weighted by Gasteiger charge is 2.31. The Morgan fingerprint density at radius 2 is 1.25 bits per heavy atom. The van der Waals surface area contributed by atoms with Crippen molar-refractivity contribution in [3.05, 3.63) is 122 Å². The van der Waals surface area contributed by atoms with Gasteiger partial charge >= 0.3 is 11.5 Å². The molecule has 39 nitrogen and oxygen atoms in total. The fourth-order valence-electron chi connectivity index (χ4n) is 7.98. The van der Waals surface area contributed by atoms with E-state index in [1.54, 1.807) is 0 Å². The van der Waals surface area contributed by atoms with Gasteiger partial charge in [0.25, 0.3) is 62.1 Å². The van der Waals surface area contributed by atoms with Gasteiger partial charge in [0.15, 0.2) is 17.2 Å². The van der Waals surface area contributed by atoms with Gasteiger partial charge in [-0.3, -0.25) is 37.7 Å². The van der Waals surface area contributed by atoms with Crippen LogP contribution >= 0.6 is 12.0 Å². The number of carboxylic acid groups (broad SMARTS) is 1. The zero-order valence-electron chi connectivity index (χ0n) is 43.0. The molecule has 0 atom stereocenters. The van der Waals surface area contributed by atoms with Crippen molar-refractivity contribution in [1.29, 1.82) is 0 Å². The number of H-pyrrole nitrogens is 1. The molecule has 8 rings (SSSR count). The molecule has 1 aromatic heterocycles. The van der Waals surface area contributed by atoms with Crippen LogP contribution in [0.5, 0.6) is 17.2 Å². The molecule has 0 aliphatic carbocycles. The number of aromatic nitrogens is 2. The number of fused-ring (bicyclic) bond motifs is 2. The number of ether oxygens (including phenoxy) is 1. The van der Waals surface area contributed by atoms with Crippen molar-refractivity contribution >= 4 is 153 Å². The quantitative estimate of drug-likeness (QED) is 0.00495. The number of aromatic carboxylic acids is 1. The number of nitro benzene ring substituents is 1. The number of carboxylic acids is 1. The number of nitrogens with zero attached hydrogens (tertiary/aromatic N) is 11. The molecule has 0 saturated carbocycles. The van der Waals surface area contributed by atoms with Crippen molar-refractivity contribution in [2.45, 2.75) is 29.4 Å². The van der Waals surface area contributed by atoms with E-state index in [2.05, 4.69) is 60.2 Å². The Hall–Kier alpha value is -10.2. The molecule has 462 valence electrons. The van der Waals surface area contributed by atoms with Crippen LogP contribution in [0.1, 0.15) is 10.4 Å². The molecule has 0 unspecified atom stereocenters. The van der Waals surface area contributed by atoms with E-state index in [1.807, 2.05) is 0 Å². The van der Waals surface area contributed by atoms with Crippen LogP contribution in [0.2, 0.25) is 0 Å². The normalized spacial score (nSPS) is 12.7. The number of nitrogens with one attached hydrogen (secondary N) is 1. The van der Waals surface area contributed by atoms with Gasteiger partial charge in [0.1, 0.15) is 70.0 Å². The minimum atomic E-state index is -5.72. The van der Waals surface area contributed by atoms with Crippen LogP contribution in [-0.4, -0.2) is 113 Å². The third-order valence-electron chi connectivity index (χ3n) is 11.8. The number of aromatic amines is 1. The lowest BCUT2D eigenvalue weighted by Crippen LogP contribution is -2.17. The molecule has 0 aliphatic rings. The SMILES string of the molecule is [C-]#[N+]c1[nH]n(-c2ccc(OC)cc2S(=O)(=O)O)c(=O)c1N=Nc1ccc(N=Nc2c(S(=O)(=O)O)cc3c(S(=O)(=O)O)c(N=Nc4cc(S(=O)(=O)O)c5cc(SOOO)c(N=Nc6ccc([N+](=O)[O-])cc6S(=O)(=O)O)c(O)c5c4N)ccc3c2O)cc1C(=O)O. The smallest absolute Gasteiger partial charge is 0.338 e. The van der Waals surface area contributed by atoms with E-state index in [9.17, 15) is 99.9 Å². The molecule has 0 amide bonds. The average molecular weight is 1350 g/mol. The molecule has 0 saturated heterocycles. The molecule has 45 heteroatoms. The van der Waals surface area contributed by atoms with Crippen molar-refractivity contribution in [2.75, 3.05) is 12.8 Å². The van der Waals surface area contributed by atoms with Gasteiger partial charge in [-0.05, 0) is 66.7 Å². The van der Waals surface area contributed by atoms with Gasteiger partial charge < -0.3 is 30.6 Å². The maximum absolute atomic E-state index is 13.5. The monoisotopic (exact) mass is 1350 g/mol. The molecule has 8 aromatic rings. The number of phenols is 2. The lowest BCUT2D eigenvalue weighted by atomic mass is 10.0. The summed E-state index contributed by atoms with van der Waals surface area (Å²) in [5, 5.41) is 85.5. The first-order valence-electron chi connectivity index (χ1n) is 22.7. The second kappa shape index (κ2) is 24.2. The molecule has 0 radical (unpaired) electrons. The largest absolute Gasteiger partial charge is 0.505 e. The molecule has 0 spiro atoms. The zero-order chi connectivity index (χ0) is 65.6. The first-order chi connectivity index (χ1) is 41.5. The summed E-state index contributed by atoms with van der Waals surface area (Å²) < 4.78 is 187. The average Bonchev–Trinajstić information content (AvgIpc) is 1.86. The van der Waals surface area contributed by atoms with E-state index in [-0.39, 0.29) is 17.8 Å². The molecular formula is C44H29N13O26S6. The maximum Gasteiger partial charge on any atom is 0.338 e. The summed E-state index contributed by atoms with van der Waals surface area (Å²) in [5.41, 5.74) is -4.43. The number of nitrogens with two attached hydrogens (primary N) is 1. The van der Waals surface area contributed by atoms with Crippen LogP contribution in [0.4, 0.5) is 62.7 Å². The standard InChI is InChI=1S/C44H29N13O26S6/c1-46-42-38(43(60)56(55-42)28-10-5-19(81-2)13-32(28)87(72,73)74)54-48-24-7-3-17(11-22(24)44(61)62)47-53-37-33(88(75,76)77)15-21-20(39(37)58)6-9-26(41(21)89(78,79)80)50-51-27-16-30(85(66,67)68)23-14-29(84-83-82-65)36(40(59)34(23)35(27)45)52-49-25-8-4-18(57(63)64)12-31(25)86(69,70)71/h3-16,55,58-59,65H,45H2,2H3,(H,61,62)(H,66,67,68)(H,69,70,71)(H,72,73,74)(H,75,76,77)(H,78,79,80). The Labute approximate surface area is 497 Å². The number of phenolic OH excluding ortho intramolecular Hbond substituents is 2. The zero-order valence-corrected chi connectivity index (χ0v) is 47.9. The topological polar surface area (TPSA) is 608 Å². The minimum Gasteiger partial charge on any atom is -0.505 e. The van der Waals surface area contributed by atoms with Crippen molar-refractivity contribution in [2.24, 2.45) is 40.9 Å². The minimum absolute atomic E-state index is 0.0431. The van der Waals surface area contributed by atoms with Gasteiger partial charge in [-0.1, -0.05) is 11.6 Å². The summed E-state index contributed by atoms with van der Waals surface area (Å²) in [4.78, 5) is 32.7. The first-order valence-corrected chi connectivity index (χ1v) is 30.6. The summed E-state index contributed by atoms with van der Waals surface area (Å²) in [7, 11) is -26.0. The summed E-state index contributed by atoms with van der Waals surface area (Å²) in [5.74, 6) is -5.01.